The first-order chi connectivity index (χ1) is 9.45. The van der Waals surface area contributed by atoms with Gasteiger partial charge in [-0.05, 0) is 18.4 Å². The minimum Gasteiger partial charge on any atom is -0.472 e. The lowest BCUT2D eigenvalue weighted by Gasteiger charge is -1.99. The number of nitro groups is 1. The van der Waals surface area contributed by atoms with Gasteiger partial charge in [0.25, 0.3) is 11.5 Å². The number of aliphatic carboxylic acids is 1. The fraction of sp³-hybridized carbons (Fsp3) is 0.250. The maximum absolute atomic E-state index is 11.4. The molecule has 0 aromatic heterocycles. The molecule has 0 saturated heterocycles. The molecule has 1 rings (SSSR count). The number of nitrogens with zero attached hydrogens (tertiary/aromatic N) is 3. The number of nitro benzene ring substituents is 1. The van der Waals surface area contributed by atoms with Crippen LogP contribution in [0.2, 0.25) is 0 Å². The van der Waals surface area contributed by atoms with Crippen molar-refractivity contribution in [2.24, 2.45) is 0 Å². The van der Waals surface area contributed by atoms with Crippen LogP contribution in [0.1, 0.15) is 18.4 Å². The van der Waals surface area contributed by atoms with Gasteiger partial charge in [0.05, 0.1) is 4.92 Å². The van der Waals surface area contributed by atoms with Crippen LogP contribution in [0.4, 0.5) is 5.69 Å². The number of benzene rings is 1. The van der Waals surface area contributed by atoms with Crippen LogP contribution < -0.4 is 0 Å². The Balaban J connectivity index is 2.52. The third kappa shape index (κ3) is 4.11. The first kappa shape index (κ1) is 15.2. The Morgan fingerprint density at radius 3 is 2.35 bits per heavy atom. The molecular formula is C12H11N3O5. The second kappa shape index (κ2) is 6.91. The molecule has 0 aliphatic carbocycles. The zero-order chi connectivity index (χ0) is 15.1. The molecule has 1 aromatic carbocycles. The van der Waals surface area contributed by atoms with Crippen molar-refractivity contribution < 1.29 is 24.4 Å². The third-order valence-corrected chi connectivity index (χ3v) is 2.58. The molecule has 0 aliphatic rings. The number of aryl methyl sites for hydroxylation is 1. The zero-order valence-corrected chi connectivity index (χ0v) is 10.4. The molecule has 1 N–H and O–H groups in total. The van der Waals surface area contributed by atoms with Crippen molar-refractivity contribution >= 4 is 23.2 Å². The van der Waals surface area contributed by atoms with Gasteiger partial charge in [-0.3, -0.25) is 14.9 Å². The number of carboxylic acid groups (broad SMARTS) is 1. The van der Waals surface area contributed by atoms with E-state index in [1.54, 1.807) is 12.1 Å². The summed E-state index contributed by atoms with van der Waals surface area (Å²) in [5.41, 5.74) is 8.26. The average Bonchev–Trinajstić information content (AvgIpc) is 2.39. The van der Waals surface area contributed by atoms with E-state index in [9.17, 15) is 19.7 Å². The molecule has 0 atom stereocenters. The first-order valence-electron chi connectivity index (χ1n) is 5.67. The highest BCUT2D eigenvalue weighted by Gasteiger charge is 2.27. The van der Waals surface area contributed by atoms with Crippen molar-refractivity contribution in [3.63, 3.8) is 0 Å². The highest BCUT2D eigenvalue weighted by Crippen LogP contribution is 2.13. The molecule has 0 aliphatic heterocycles. The molecule has 8 heteroatoms. The van der Waals surface area contributed by atoms with Crippen LogP contribution in [0.25, 0.3) is 5.53 Å². The van der Waals surface area contributed by atoms with Crippen LogP contribution in [0.3, 0.4) is 0 Å². The number of hydrogen-bond donors (Lipinski definition) is 1. The lowest BCUT2D eigenvalue weighted by molar-refractivity contribution is -0.384. The Hall–Kier alpha value is -2.86. The Labute approximate surface area is 113 Å². The number of carboxylic acids is 1. The molecule has 0 saturated carbocycles. The minimum atomic E-state index is -1.58. The largest absolute Gasteiger partial charge is 0.472 e. The molecule has 104 valence electrons. The topological polar surface area (TPSA) is 134 Å². The molecule has 0 unspecified atom stereocenters. The van der Waals surface area contributed by atoms with Gasteiger partial charge in [0.1, 0.15) is 0 Å². The average molecular weight is 277 g/mol. The molecule has 0 fully saturated rings. The molecule has 8 nitrogen and oxygen atoms in total. The van der Waals surface area contributed by atoms with Gasteiger partial charge >= 0.3 is 11.7 Å². The summed E-state index contributed by atoms with van der Waals surface area (Å²) in [6.45, 7) is 0. The van der Waals surface area contributed by atoms with E-state index in [1.807, 2.05) is 0 Å². The van der Waals surface area contributed by atoms with Crippen molar-refractivity contribution in [2.45, 2.75) is 19.3 Å². The second-order valence-electron chi connectivity index (χ2n) is 3.95. The lowest BCUT2D eigenvalue weighted by Crippen LogP contribution is -2.24. The van der Waals surface area contributed by atoms with Gasteiger partial charge in [-0.15, -0.1) is 0 Å². The fourth-order valence-electron chi connectivity index (χ4n) is 1.57. The number of carbonyl (C=O) groups excluding carboxylic acids is 1. The summed E-state index contributed by atoms with van der Waals surface area (Å²) in [7, 11) is 0. The van der Waals surface area contributed by atoms with E-state index in [0.29, 0.717) is 12.8 Å². The summed E-state index contributed by atoms with van der Waals surface area (Å²) in [5, 5.41) is 19.0. The van der Waals surface area contributed by atoms with Crippen LogP contribution in [0.5, 0.6) is 0 Å². The summed E-state index contributed by atoms with van der Waals surface area (Å²) in [5.74, 6) is -2.34. The standard InChI is InChI=1S/C12H11N3O5/c13-14-11(12(17)18)10(16)3-1-2-8-4-6-9(7-5-8)15(19)20/h4-7H,1-3H2,(H,17,18). The van der Waals surface area contributed by atoms with Crippen molar-refractivity contribution in [3.05, 3.63) is 45.5 Å². The Kier molecular flexibility index (Phi) is 5.25. The molecule has 20 heavy (non-hydrogen) atoms. The van der Waals surface area contributed by atoms with Crippen molar-refractivity contribution in [1.82, 2.24) is 0 Å². The molecule has 1 aromatic rings. The van der Waals surface area contributed by atoms with Gasteiger partial charge in [-0.25, -0.2) is 4.79 Å². The number of hydrogen-bond acceptors (Lipinski definition) is 4. The van der Waals surface area contributed by atoms with Crippen molar-refractivity contribution in [1.29, 1.82) is 0 Å². The van der Waals surface area contributed by atoms with E-state index in [1.165, 1.54) is 12.1 Å². The zero-order valence-electron chi connectivity index (χ0n) is 10.4. The van der Waals surface area contributed by atoms with Gasteiger partial charge in [-0.2, -0.15) is 4.79 Å². The van der Waals surface area contributed by atoms with E-state index in [2.05, 4.69) is 4.79 Å². The van der Waals surface area contributed by atoms with Crippen LogP contribution in [0.15, 0.2) is 24.3 Å². The van der Waals surface area contributed by atoms with E-state index in [0.717, 1.165) is 5.56 Å². The Morgan fingerprint density at radius 2 is 1.90 bits per heavy atom. The monoisotopic (exact) mass is 277 g/mol. The van der Waals surface area contributed by atoms with Gasteiger partial charge in [0.2, 0.25) is 0 Å². The third-order valence-electron chi connectivity index (χ3n) is 2.58. The SMILES string of the molecule is [N-]=[N+]=C(C(=O)O)C(=O)CCCc1ccc([N+](=O)[O-])cc1. The van der Waals surface area contributed by atoms with Gasteiger partial charge in [0.15, 0.2) is 0 Å². The van der Waals surface area contributed by atoms with E-state index < -0.39 is 22.4 Å². The van der Waals surface area contributed by atoms with E-state index in [-0.39, 0.29) is 12.1 Å². The molecule has 0 bridgehead atoms. The van der Waals surface area contributed by atoms with Gasteiger partial charge in [0, 0.05) is 18.6 Å². The predicted octanol–water partition coefficient (Wildman–Crippen LogP) is 1.24. The summed E-state index contributed by atoms with van der Waals surface area (Å²) >= 11 is 0. The highest BCUT2D eigenvalue weighted by atomic mass is 16.6. The summed E-state index contributed by atoms with van der Waals surface area (Å²) < 4.78 is 0. The number of carbonyl (C=O) groups is 2. The Morgan fingerprint density at radius 1 is 1.30 bits per heavy atom. The molecule has 0 radical (unpaired) electrons. The van der Waals surface area contributed by atoms with Crippen LogP contribution in [-0.2, 0) is 16.0 Å². The maximum atomic E-state index is 11.4. The number of rotatable bonds is 7. The molecule has 0 spiro atoms. The van der Waals surface area contributed by atoms with Crippen molar-refractivity contribution in [3.8, 4) is 0 Å². The second-order valence-corrected chi connectivity index (χ2v) is 3.95. The highest BCUT2D eigenvalue weighted by molar-refractivity contribution is 6.61. The lowest BCUT2D eigenvalue weighted by atomic mass is 10.0. The first-order valence-corrected chi connectivity index (χ1v) is 5.67. The van der Waals surface area contributed by atoms with E-state index >= 15 is 0 Å². The van der Waals surface area contributed by atoms with Crippen molar-refractivity contribution in [2.75, 3.05) is 0 Å². The number of non-ortho nitro benzene ring substituents is 1. The molecular weight excluding hydrogens is 266 g/mol. The van der Waals surface area contributed by atoms with Crippen LogP contribution in [-0.4, -0.2) is 32.3 Å². The molecule has 0 amide bonds. The van der Waals surface area contributed by atoms with E-state index in [4.69, 9.17) is 10.6 Å². The van der Waals surface area contributed by atoms with Crippen LogP contribution >= 0.6 is 0 Å². The van der Waals surface area contributed by atoms with Gasteiger partial charge in [-0.1, -0.05) is 12.1 Å². The van der Waals surface area contributed by atoms with Crippen LogP contribution in [0, 0.1) is 10.1 Å². The maximum Gasteiger partial charge on any atom is 0.441 e. The van der Waals surface area contributed by atoms with Gasteiger partial charge < -0.3 is 10.6 Å². The smallest absolute Gasteiger partial charge is 0.441 e. The molecule has 0 heterocycles. The fourth-order valence-corrected chi connectivity index (χ4v) is 1.57. The quantitative estimate of drug-likeness (QED) is 0.200. The Bertz CT molecular complexity index is 588. The predicted molar refractivity (Wildman–Crippen MR) is 67.3 cm³/mol. The number of Topliss-reactive ketones (excluding diaryl/α,β-unsaturated/α-hetero) is 1. The number of ketones is 1. The minimum absolute atomic E-state index is 0.0228. The summed E-state index contributed by atoms with van der Waals surface area (Å²) in [6, 6.07) is 5.85. The summed E-state index contributed by atoms with van der Waals surface area (Å²) in [4.78, 5) is 34.3. The normalized spacial score (nSPS) is 9.60. The summed E-state index contributed by atoms with van der Waals surface area (Å²) in [6.07, 6.45) is 0.730.